The van der Waals surface area contributed by atoms with Crippen LogP contribution < -0.4 is 10.1 Å². The first kappa shape index (κ1) is 15.5. The van der Waals surface area contributed by atoms with Gasteiger partial charge in [-0.05, 0) is 5.56 Å². The Hall–Kier alpha value is -2.57. The van der Waals surface area contributed by atoms with Crippen LogP contribution >= 0.6 is 0 Å². The monoisotopic (exact) mass is 280 g/mol. The molecule has 20 heavy (non-hydrogen) atoms. The van der Waals surface area contributed by atoms with Crippen LogP contribution in [0.5, 0.6) is 5.88 Å². The molecule has 1 rings (SSSR count). The SMILES string of the molecule is C=CCOC(=O)N[C@H](CC(=O)O)c1ccc(OC)nc1. The molecule has 7 nitrogen and oxygen atoms in total. The number of nitrogens with one attached hydrogen (secondary N) is 1. The van der Waals surface area contributed by atoms with Crippen LogP contribution in [-0.4, -0.2) is 35.9 Å². The number of carbonyl (C=O) groups is 2. The summed E-state index contributed by atoms with van der Waals surface area (Å²) in [6.45, 7) is 3.46. The summed E-state index contributed by atoms with van der Waals surface area (Å²) in [5, 5.41) is 11.3. The quantitative estimate of drug-likeness (QED) is 0.735. The Morgan fingerprint density at radius 3 is 2.80 bits per heavy atom. The van der Waals surface area contributed by atoms with Gasteiger partial charge in [0.2, 0.25) is 5.88 Å². The molecule has 0 aliphatic carbocycles. The van der Waals surface area contributed by atoms with Crippen LogP contribution in [0.4, 0.5) is 4.79 Å². The molecule has 1 aromatic rings. The number of carboxylic acids is 1. The van der Waals surface area contributed by atoms with E-state index < -0.39 is 18.1 Å². The van der Waals surface area contributed by atoms with Crippen LogP contribution in [0.3, 0.4) is 0 Å². The lowest BCUT2D eigenvalue weighted by Crippen LogP contribution is -2.30. The van der Waals surface area contributed by atoms with E-state index >= 15 is 0 Å². The molecule has 1 heterocycles. The first-order valence-electron chi connectivity index (χ1n) is 5.82. The molecule has 1 atom stereocenters. The van der Waals surface area contributed by atoms with Gasteiger partial charge in [0.05, 0.1) is 19.6 Å². The van der Waals surface area contributed by atoms with E-state index in [9.17, 15) is 9.59 Å². The Kier molecular flexibility index (Phi) is 6.02. The lowest BCUT2D eigenvalue weighted by Gasteiger charge is -2.16. The average Bonchev–Trinajstić information content (AvgIpc) is 2.44. The molecule has 0 spiro atoms. The maximum atomic E-state index is 11.5. The lowest BCUT2D eigenvalue weighted by molar-refractivity contribution is -0.137. The van der Waals surface area contributed by atoms with Crippen molar-refractivity contribution in [1.29, 1.82) is 0 Å². The summed E-state index contributed by atoms with van der Waals surface area (Å²) >= 11 is 0. The molecule has 0 saturated heterocycles. The number of alkyl carbamates (subject to hydrolysis) is 1. The lowest BCUT2D eigenvalue weighted by atomic mass is 10.1. The maximum Gasteiger partial charge on any atom is 0.407 e. The van der Waals surface area contributed by atoms with Crippen molar-refractivity contribution >= 4 is 12.1 Å². The fraction of sp³-hybridized carbons (Fsp3) is 0.308. The van der Waals surface area contributed by atoms with Gasteiger partial charge in [-0.2, -0.15) is 0 Å². The highest BCUT2D eigenvalue weighted by Crippen LogP contribution is 2.18. The fourth-order valence-corrected chi connectivity index (χ4v) is 1.46. The number of aliphatic carboxylic acids is 1. The van der Waals surface area contributed by atoms with Gasteiger partial charge >= 0.3 is 12.1 Å². The molecule has 2 N–H and O–H groups in total. The minimum absolute atomic E-state index is 0.0481. The summed E-state index contributed by atoms with van der Waals surface area (Å²) in [6.07, 6.45) is 1.87. The van der Waals surface area contributed by atoms with Gasteiger partial charge in [-0.25, -0.2) is 9.78 Å². The van der Waals surface area contributed by atoms with Gasteiger partial charge < -0.3 is 19.9 Å². The number of amides is 1. The molecule has 1 amide bonds. The molecule has 7 heteroatoms. The summed E-state index contributed by atoms with van der Waals surface area (Å²) in [7, 11) is 1.47. The Morgan fingerprint density at radius 1 is 1.55 bits per heavy atom. The van der Waals surface area contributed by atoms with Crippen molar-refractivity contribution in [2.24, 2.45) is 0 Å². The van der Waals surface area contributed by atoms with Crippen molar-refractivity contribution in [1.82, 2.24) is 10.3 Å². The second kappa shape index (κ2) is 7.78. The molecule has 0 aliphatic rings. The fourth-order valence-electron chi connectivity index (χ4n) is 1.46. The van der Waals surface area contributed by atoms with Gasteiger partial charge in [0.25, 0.3) is 0 Å². The maximum absolute atomic E-state index is 11.5. The minimum atomic E-state index is -1.05. The summed E-state index contributed by atoms with van der Waals surface area (Å²) in [5.41, 5.74) is 0.545. The van der Waals surface area contributed by atoms with E-state index in [1.165, 1.54) is 19.4 Å². The smallest absolute Gasteiger partial charge is 0.407 e. The largest absolute Gasteiger partial charge is 0.481 e. The number of carbonyl (C=O) groups excluding carboxylic acids is 1. The van der Waals surface area contributed by atoms with Gasteiger partial charge in [0.15, 0.2) is 0 Å². The highest BCUT2D eigenvalue weighted by Gasteiger charge is 2.19. The normalized spacial score (nSPS) is 11.2. The van der Waals surface area contributed by atoms with Gasteiger partial charge in [0.1, 0.15) is 6.61 Å². The molecule has 0 aromatic carbocycles. The predicted molar refractivity (Wildman–Crippen MR) is 70.5 cm³/mol. The summed E-state index contributed by atoms with van der Waals surface area (Å²) < 4.78 is 9.68. The van der Waals surface area contributed by atoms with Crippen molar-refractivity contribution in [3.05, 3.63) is 36.5 Å². The van der Waals surface area contributed by atoms with E-state index in [-0.39, 0.29) is 13.0 Å². The van der Waals surface area contributed by atoms with E-state index in [4.69, 9.17) is 14.6 Å². The number of aromatic nitrogens is 1. The molecule has 0 bridgehead atoms. The zero-order chi connectivity index (χ0) is 15.0. The number of pyridine rings is 1. The number of carboxylic acid groups (broad SMARTS) is 1. The second-order valence-corrected chi connectivity index (χ2v) is 3.82. The van der Waals surface area contributed by atoms with Crippen molar-refractivity contribution in [3.8, 4) is 5.88 Å². The summed E-state index contributed by atoms with van der Waals surface area (Å²) in [5.74, 6) is -0.646. The van der Waals surface area contributed by atoms with Crippen molar-refractivity contribution in [3.63, 3.8) is 0 Å². The molecule has 108 valence electrons. The van der Waals surface area contributed by atoms with Crippen LogP contribution in [0.1, 0.15) is 18.0 Å². The van der Waals surface area contributed by atoms with E-state index in [1.807, 2.05) is 0 Å². The van der Waals surface area contributed by atoms with Crippen molar-refractivity contribution in [2.75, 3.05) is 13.7 Å². The zero-order valence-corrected chi connectivity index (χ0v) is 11.0. The van der Waals surface area contributed by atoms with E-state index in [0.29, 0.717) is 11.4 Å². The minimum Gasteiger partial charge on any atom is -0.481 e. The Balaban J connectivity index is 2.78. The van der Waals surface area contributed by atoms with Gasteiger partial charge in [-0.3, -0.25) is 4.79 Å². The van der Waals surface area contributed by atoms with E-state index in [2.05, 4.69) is 16.9 Å². The molecular formula is C13H16N2O5. The average molecular weight is 280 g/mol. The molecule has 0 saturated carbocycles. The molecule has 0 aliphatic heterocycles. The molecule has 0 radical (unpaired) electrons. The van der Waals surface area contributed by atoms with Gasteiger partial charge in [0, 0.05) is 12.3 Å². The molecule has 0 fully saturated rings. The Bertz CT molecular complexity index is 472. The third kappa shape index (κ3) is 4.97. The van der Waals surface area contributed by atoms with Crippen LogP contribution in [0, 0.1) is 0 Å². The number of nitrogens with zero attached hydrogens (tertiary/aromatic N) is 1. The van der Waals surface area contributed by atoms with E-state index in [1.54, 1.807) is 12.1 Å². The van der Waals surface area contributed by atoms with Crippen molar-refractivity contribution < 1.29 is 24.2 Å². The molecule has 0 unspecified atom stereocenters. The molecular weight excluding hydrogens is 264 g/mol. The number of ether oxygens (including phenoxy) is 2. The van der Waals surface area contributed by atoms with Crippen molar-refractivity contribution in [2.45, 2.75) is 12.5 Å². The number of methoxy groups -OCH3 is 1. The summed E-state index contributed by atoms with van der Waals surface area (Å²) in [6, 6.07) is 2.48. The zero-order valence-electron chi connectivity index (χ0n) is 11.0. The summed E-state index contributed by atoms with van der Waals surface area (Å²) in [4.78, 5) is 26.3. The highest BCUT2D eigenvalue weighted by molar-refractivity contribution is 5.71. The van der Waals surface area contributed by atoms with Crippen LogP contribution in [0.15, 0.2) is 31.0 Å². The van der Waals surface area contributed by atoms with Crippen LogP contribution in [0.2, 0.25) is 0 Å². The first-order chi connectivity index (χ1) is 9.56. The predicted octanol–water partition coefficient (Wildman–Crippen LogP) is 1.52. The topological polar surface area (TPSA) is 97.8 Å². The second-order valence-electron chi connectivity index (χ2n) is 3.82. The number of hydrogen-bond acceptors (Lipinski definition) is 5. The Morgan fingerprint density at radius 2 is 2.30 bits per heavy atom. The van der Waals surface area contributed by atoms with Crippen LogP contribution in [0.25, 0.3) is 0 Å². The number of hydrogen-bond donors (Lipinski definition) is 2. The number of rotatable bonds is 7. The Labute approximate surface area is 116 Å². The highest BCUT2D eigenvalue weighted by atomic mass is 16.5. The third-order valence-electron chi connectivity index (χ3n) is 2.37. The van der Waals surface area contributed by atoms with Gasteiger partial charge in [-0.15, -0.1) is 0 Å². The first-order valence-corrected chi connectivity index (χ1v) is 5.82. The van der Waals surface area contributed by atoms with Crippen LogP contribution in [-0.2, 0) is 9.53 Å². The third-order valence-corrected chi connectivity index (χ3v) is 2.37. The van der Waals surface area contributed by atoms with Gasteiger partial charge in [-0.1, -0.05) is 18.7 Å². The van der Waals surface area contributed by atoms with E-state index in [0.717, 1.165) is 0 Å². The standard InChI is InChI=1S/C13H16N2O5/c1-3-6-20-13(18)15-10(7-12(16)17)9-4-5-11(19-2)14-8-9/h3-5,8,10H,1,6-7H2,2H3,(H,15,18)(H,16,17)/t10-/m1/s1. The molecule has 1 aromatic heterocycles.